The van der Waals surface area contributed by atoms with Crippen LogP contribution in [0.15, 0.2) is 39.9 Å². The average molecular weight is 441 g/mol. The van der Waals surface area contributed by atoms with Crippen molar-refractivity contribution >= 4 is 69.4 Å². The number of carbonyl (C=O) groups excluding carboxylic acids is 3. The molecule has 5 nitrogen and oxygen atoms in total. The summed E-state index contributed by atoms with van der Waals surface area (Å²) in [6.45, 7) is 0.321. The molecule has 27 heavy (non-hydrogen) atoms. The summed E-state index contributed by atoms with van der Waals surface area (Å²) < 4.78 is 0. The number of nitrogens with zero attached hydrogens (tertiary/aromatic N) is 1. The summed E-state index contributed by atoms with van der Waals surface area (Å²) >= 11 is 14.3. The predicted octanol–water partition coefficient (Wildman–Crippen LogP) is 4.45. The Kier molecular flexibility index (Phi) is 6.59. The molecule has 1 aromatic carbocycles. The maximum atomic E-state index is 12.5. The highest BCUT2D eigenvalue weighted by atomic mass is 35.5. The van der Waals surface area contributed by atoms with Gasteiger partial charge in [0.05, 0.1) is 11.3 Å². The van der Waals surface area contributed by atoms with Crippen molar-refractivity contribution in [1.82, 2.24) is 10.2 Å². The minimum Gasteiger partial charge on any atom is -0.354 e. The van der Waals surface area contributed by atoms with Crippen molar-refractivity contribution in [2.24, 2.45) is 0 Å². The maximum Gasteiger partial charge on any atom is 0.293 e. The van der Waals surface area contributed by atoms with E-state index in [1.54, 1.807) is 24.3 Å². The van der Waals surface area contributed by atoms with E-state index in [9.17, 15) is 14.4 Å². The van der Waals surface area contributed by atoms with Crippen LogP contribution in [0, 0.1) is 0 Å². The molecule has 1 aliphatic heterocycles. The van der Waals surface area contributed by atoms with Gasteiger partial charge >= 0.3 is 0 Å². The van der Waals surface area contributed by atoms with Crippen LogP contribution in [0.5, 0.6) is 0 Å². The van der Waals surface area contributed by atoms with Gasteiger partial charge in [0, 0.05) is 23.1 Å². The molecular formula is C18H14Cl2N2O3S2. The quantitative estimate of drug-likeness (QED) is 0.673. The Balaban J connectivity index is 1.57. The third-order valence-electron chi connectivity index (χ3n) is 3.73. The Morgan fingerprint density at radius 3 is 2.74 bits per heavy atom. The lowest BCUT2D eigenvalue weighted by atomic mass is 10.2. The van der Waals surface area contributed by atoms with Crippen LogP contribution >= 0.6 is 46.3 Å². The summed E-state index contributed by atoms with van der Waals surface area (Å²) in [5.74, 6) is -0.549. The lowest BCUT2D eigenvalue weighted by Crippen LogP contribution is -2.37. The molecule has 1 aliphatic rings. The first-order chi connectivity index (χ1) is 12.9. The first kappa shape index (κ1) is 19.9. The number of nitrogens with one attached hydrogen (secondary N) is 1. The predicted molar refractivity (Wildman–Crippen MR) is 110 cm³/mol. The normalized spacial score (nSPS) is 15.6. The Morgan fingerprint density at radius 2 is 2.04 bits per heavy atom. The number of hydrogen-bond acceptors (Lipinski definition) is 5. The summed E-state index contributed by atoms with van der Waals surface area (Å²) in [6, 6.07) is 6.80. The number of thiophene rings is 1. The molecule has 0 atom stereocenters. The first-order valence-electron chi connectivity index (χ1n) is 7.92. The van der Waals surface area contributed by atoms with Crippen molar-refractivity contribution in [1.29, 1.82) is 0 Å². The number of rotatable bonds is 6. The minimum atomic E-state index is -0.400. The van der Waals surface area contributed by atoms with Crippen LogP contribution < -0.4 is 5.32 Å². The van der Waals surface area contributed by atoms with Gasteiger partial charge in [-0.2, -0.15) is 11.3 Å². The molecule has 2 heterocycles. The van der Waals surface area contributed by atoms with E-state index in [2.05, 4.69) is 5.32 Å². The number of halogens is 2. The number of benzene rings is 1. The van der Waals surface area contributed by atoms with Gasteiger partial charge in [-0.15, -0.1) is 0 Å². The fourth-order valence-corrected chi connectivity index (χ4v) is 4.39. The topological polar surface area (TPSA) is 66.5 Å². The molecule has 9 heteroatoms. The van der Waals surface area contributed by atoms with E-state index in [-0.39, 0.29) is 35.6 Å². The van der Waals surface area contributed by atoms with E-state index < -0.39 is 5.91 Å². The van der Waals surface area contributed by atoms with Gasteiger partial charge in [0.25, 0.3) is 11.1 Å². The first-order valence-corrected chi connectivity index (χ1v) is 10.4. The molecule has 0 spiro atoms. The fourth-order valence-electron chi connectivity index (χ4n) is 2.40. The molecule has 3 rings (SSSR count). The smallest absolute Gasteiger partial charge is 0.293 e. The van der Waals surface area contributed by atoms with E-state index in [1.807, 2.05) is 16.8 Å². The van der Waals surface area contributed by atoms with Crippen LogP contribution in [-0.2, 0) is 16.0 Å². The van der Waals surface area contributed by atoms with Gasteiger partial charge in [0.1, 0.15) is 0 Å². The van der Waals surface area contributed by atoms with Crippen molar-refractivity contribution in [3.63, 3.8) is 0 Å². The molecule has 1 N–H and O–H groups in total. The molecule has 1 fully saturated rings. The van der Waals surface area contributed by atoms with Crippen molar-refractivity contribution in [3.8, 4) is 0 Å². The highest BCUT2D eigenvalue weighted by molar-refractivity contribution is 8.18. The van der Waals surface area contributed by atoms with Crippen LogP contribution in [0.3, 0.4) is 0 Å². The van der Waals surface area contributed by atoms with Gasteiger partial charge < -0.3 is 5.32 Å². The standard InChI is InChI=1S/C18H14Cl2N2O3S2/c19-13-2-1-12(14(20)9-13)8-15-17(24)22(18(25)27-15)5-4-21-16(23)7-11-3-6-26-10-11/h1-3,6,8-10H,4-5,7H2,(H,21,23)/b15-8-. The zero-order valence-corrected chi connectivity index (χ0v) is 17.1. The monoisotopic (exact) mass is 440 g/mol. The molecule has 1 aromatic heterocycles. The van der Waals surface area contributed by atoms with Gasteiger partial charge in [-0.3, -0.25) is 19.3 Å². The van der Waals surface area contributed by atoms with Crippen LogP contribution in [0.4, 0.5) is 4.79 Å². The van der Waals surface area contributed by atoms with Crippen LogP contribution in [0.2, 0.25) is 10.0 Å². The van der Waals surface area contributed by atoms with Crippen LogP contribution in [0.1, 0.15) is 11.1 Å². The zero-order chi connectivity index (χ0) is 19.4. The van der Waals surface area contributed by atoms with E-state index in [1.165, 1.54) is 11.3 Å². The van der Waals surface area contributed by atoms with Crippen molar-refractivity contribution in [2.45, 2.75) is 6.42 Å². The summed E-state index contributed by atoms with van der Waals surface area (Å²) in [5, 5.41) is 7.05. The molecule has 0 bridgehead atoms. The Bertz CT molecular complexity index is 913. The number of thioether (sulfide) groups is 1. The lowest BCUT2D eigenvalue weighted by Gasteiger charge is -2.12. The highest BCUT2D eigenvalue weighted by Gasteiger charge is 2.34. The summed E-state index contributed by atoms with van der Waals surface area (Å²) in [6.07, 6.45) is 1.85. The fraction of sp³-hybridized carbons (Fsp3) is 0.167. The van der Waals surface area contributed by atoms with Crippen molar-refractivity contribution < 1.29 is 14.4 Å². The lowest BCUT2D eigenvalue weighted by molar-refractivity contribution is -0.124. The average Bonchev–Trinajstić information content (AvgIpc) is 3.20. The van der Waals surface area contributed by atoms with Gasteiger partial charge in [-0.05, 0) is 57.9 Å². The van der Waals surface area contributed by atoms with Crippen LogP contribution in [0.25, 0.3) is 6.08 Å². The molecule has 0 radical (unpaired) electrons. The van der Waals surface area contributed by atoms with E-state index in [4.69, 9.17) is 23.2 Å². The number of amides is 3. The Hall–Kier alpha value is -1.80. The number of hydrogen-bond donors (Lipinski definition) is 1. The Morgan fingerprint density at radius 1 is 1.22 bits per heavy atom. The second kappa shape index (κ2) is 8.93. The molecular weight excluding hydrogens is 427 g/mol. The van der Waals surface area contributed by atoms with Gasteiger partial charge in [0.2, 0.25) is 5.91 Å². The minimum absolute atomic E-state index is 0.117. The number of imide groups is 1. The summed E-state index contributed by atoms with van der Waals surface area (Å²) in [5.41, 5.74) is 1.54. The van der Waals surface area contributed by atoms with Gasteiger partial charge in [0.15, 0.2) is 0 Å². The van der Waals surface area contributed by atoms with Crippen molar-refractivity contribution in [2.75, 3.05) is 13.1 Å². The maximum absolute atomic E-state index is 12.5. The number of carbonyl (C=O) groups is 3. The van der Waals surface area contributed by atoms with E-state index in [0.29, 0.717) is 15.6 Å². The summed E-state index contributed by atoms with van der Waals surface area (Å²) in [7, 11) is 0. The highest BCUT2D eigenvalue weighted by Crippen LogP contribution is 2.33. The molecule has 0 unspecified atom stereocenters. The van der Waals surface area contributed by atoms with Crippen LogP contribution in [-0.4, -0.2) is 35.0 Å². The van der Waals surface area contributed by atoms with E-state index >= 15 is 0 Å². The third kappa shape index (κ3) is 5.13. The van der Waals surface area contributed by atoms with Crippen molar-refractivity contribution in [3.05, 3.63) is 61.1 Å². The molecule has 0 saturated carbocycles. The second-order valence-corrected chi connectivity index (χ2v) is 8.27. The SMILES string of the molecule is O=C(Cc1ccsc1)NCCN1C(=O)S/C(=C\c2ccc(Cl)cc2Cl)C1=O. The molecule has 140 valence electrons. The van der Waals surface area contributed by atoms with Gasteiger partial charge in [-0.1, -0.05) is 29.3 Å². The van der Waals surface area contributed by atoms with E-state index in [0.717, 1.165) is 22.2 Å². The zero-order valence-electron chi connectivity index (χ0n) is 13.9. The molecule has 2 aromatic rings. The summed E-state index contributed by atoms with van der Waals surface area (Å²) in [4.78, 5) is 37.9. The second-order valence-electron chi connectivity index (χ2n) is 5.66. The van der Waals surface area contributed by atoms with Gasteiger partial charge in [-0.25, -0.2) is 0 Å². The largest absolute Gasteiger partial charge is 0.354 e. The third-order valence-corrected chi connectivity index (χ3v) is 5.93. The molecule has 3 amide bonds. The Labute approximate surface area is 174 Å². The molecule has 1 saturated heterocycles. The molecule has 0 aliphatic carbocycles.